The van der Waals surface area contributed by atoms with E-state index < -0.39 is 0 Å². The molecule has 1 aliphatic rings. The Kier molecular flexibility index (Phi) is 4.48. The van der Waals surface area contributed by atoms with Gasteiger partial charge in [0.15, 0.2) is 0 Å². The van der Waals surface area contributed by atoms with Crippen molar-refractivity contribution in [2.24, 2.45) is 5.41 Å². The van der Waals surface area contributed by atoms with E-state index in [-0.39, 0.29) is 16.9 Å². The van der Waals surface area contributed by atoms with Gasteiger partial charge in [-0.3, -0.25) is 4.79 Å². The molecule has 1 unspecified atom stereocenters. The summed E-state index contributed by atoms with van der Waals surface area (Å²) < 4.78 is 0. The lowest BCUT2D eigenvalue weighted by molar-refractivity contribution is 0.188. The first-order valence-corrected chi connectivity index (χ1v) is 7.47. The molecule has 1 aromatic heterocycles. The number of aromatic amines is 1. The van der Waals surface area contributed by atoms with Crippen LogP contribution in [-0.2, 0) is 0 Å². The number of hydrogen-bond donors (Lipinski definition) is 3. The largest absolute Gasteiger partial charge is 0.368 e. The molecular weight excluding hydrogens is 252 g/mol. The second-order valence-electron chi connectivity index (χ2n) is 6.65. The van der Waals surface area contributed by atoms with Crippen molar-refractivity contribution in [1.82, 2.24) is 15.3 Å². The molecule has 0 saturated carbocycles. The smallest absolute Gasteiger partial charge is 0.252 e. The number of H-pyrrole nitrogens is 1. The maximum absolute atomic E-state index is 11.6. The Labute approximate surface area is 120 Å². The quantitative estimate of drug-likeness (QED) is 0.788. The standard InChI is InChI=1S/C15H26N4O/c1-10(2)14-18-12(8-13(20)19-14)17-9-11-15(3,4)6-5-7-16-11/h8,10-11,16H,5-7,9H2,1-4H3,(H2,17,18,19,20). The van der Waals surface area contributed by atoms with Crippen LogP contribution >= 0.6 is 0 Å². The molecule has 3 N–H and O–H groups in total. The Morgan fingerprint density at radius 3 is 2.90 bits per heavy atom. The molecule has 5 heteroatoms. The summed E-state index contributed by atoms with van der Waals surface area (Å²) in [6.45, 7) is 10.5. The molecule has 2 heterocycles. The summed E-state index contributed by atoms with van der Waals surface area (Å²) in [4.78, 5) is 18.9. The zero-order valence-electron chi connectivity index (χ0n) is 12.9. The summed E-state index contributed by atoms with van der Waals surface area (Å²) in [6, 6.07) is 1.93. The highest BCUT2D eigenvalue weighted by atomic mass is 16.1. The van der Waals surface area contributed by atoms with Crippen molar-refractivity contribution < 1.29 is 0 Å². The average Bonchev–Trinajstić information content (AvgIpc) is 2.36. The van der Waals surface area contributed by atoms with Crippen molar-refractivity contribution in [1.29, 1.82) is 0 Å². The summed E-state index contributed by atoms with van der Waals surface area (Å²) in [6.07, 6.45) is 2.46. The Morgan fingerprint density at radius 2 is 2.25 bits per heavy atom. The van der Waals surface area contributed by atoms with E-state index in [1.807, 2.05) is 13.8 Å². The topological polar surface area (TPSA) is 69.8 Å². The van der Waals surface area contributed by atoms with Gasteiger partial charge >= 0.3 is 0 Å². The average molecular weight is 278 g/mol. The molecule has 112 valence electrons. The maximum Gasteiger partial charge on any atom is 0.252 e. The molecule has 20 heavy (non-hydrogen) atoms. The van der Waals surface area contributed by atoms with Crippen molar-refractivity contribution in [3.8, 4) is 0 Å². The molecule has 0 aromatic carbocycles. The van der Waals surface area contributed by atoms with E-state index >= 15 is 0 Å². The lowest BCUT2D eigenvalue weighted by Crippen LogP contribution is -2.50. The van der Waals surface area contributed by atoms with Gasteiger partial charge in [-0.15, -0.1) is 0 Å². The highest BCUT2D eigenvalue weighted by molar-refractivity contribution is 5.33. The fourth-order valence-corrected chi connectivity index (χ4v) is 2.67. The highest BCUT2D eigenvalue weighted by Gasteiger charge is 2.31. The van der Waals surface area contributed by atoms with Gasteiger partial charge < -0.3 is 15.6 Å². The molecule has 0 amide bonds. The van der Waals surface area contributed by atoms with E-state index in [4.69, 9.17) is 0 Å². The first kappa shape index (κ1) is 15.0. The van der Waals surface area contributed by atoms with Crippen LogP contribution < -0.4 is 16.2 Å². The second kappa shape index (κ2) is 5.95. The molecule has 1 saturated heterocycles. The van der Waals surface area contributed by atoms with Gasteiger partial charge in [0.2, 0.25) is 0 Å². The molecule has 1 atom stereocenters. The van der Waals surface area contributed by atoms with Gasteiger partial charge in [-0.05, 0) is 24.8 Å². The zero-order chi connectivity index (χ0) is 14.8. The van der Waals surface area contributed by atoms with Crippen LogP contribution in [-0.4, -0.2) is 29.1 Å². The van der Waals surface area contributed by atoms with Crippen LogP contribution in [0.25, 0.3) is 0 Å². The summed E-state index contributed by atoms with van der Waals surface area (Å²) >= 11 is 0. The van der Waals surface area contributed by atoms with E-state index in [2.05, 4.69) is 34.4 Å². The van der Waals surface area contributed by atoms with E-state index in [0.717, 1.165) is 18.9 Å². The molecule has 5 nitrogen and oxygen atoms in total. The predicted octanol–water partition coefficient (Wildman–Crippen LogP) is 2.08. The van der Waals surface area contributed by atoms with Crippen LogP contribution in [0.3, 0.4) is 0 Å². The van der Waals surface area contributed by atoms with Crippen LogP contribution in [0, 0.1) is 5.41 Å². The zero-order valence-corrected chi connectivity index (χ0v) is 12.9. The van der Waals surface area contributed by atoms with Gasteiger partial charge in [0.1, 0.15) is 11.6 Å². The summed E-state index contributed by atoms with van der Waals surface area (Å²) in [7, 11) is 0. The lowest BCUT2D eigenvalue weighted by atomic mass is 9.77. The van der Waals surface area contributed by atoms with Crippen LogP contribution in [0.1, 0.15) is 52.3 Å². The van der Waals surface area contributed by atoms with Crippen molar-refractivity contribution in [2.45, 2.75) is 52.5 Å². The predicted molar refractivity (Wildman–Crippen MR) is 82.2 cm³/mol. The third-order valence-corrected chi connectivity index (χ3v) is 4.13. The Morgan fingerprint density at radius 1 is 1.50 bits per heavy atom. The fourth-order valence-electron chi connectivity index (χ4n) is 2.67. The molecular formula is C15H26N4O. The number of anilines is 1. The minimum atomic E-state index is -0.0953. The Balaban J connectivity index is 2.05. The normalized spacial score (nSPS) is 21.9. The molecule has 1 aliphatic heterocycles. The highest BCUT2D eigenvalue weighted by Crippen LogP contribution is 2.30. The number of nitrogens with zero attached hydrogens (tertiary/aromatic N) is 1. The third kappa shape index (κ3) is 3.60. The molecule has 0 aliphatic carbocycles. The SMILES string of the molecule is CC(C)c1nc(NCC2NCCCC2(C)C)cc(=O)[nH]1. The van der Waals surface area contributed by atoms with Crippen molar-refractivity contribution in [3.63, 3.8) is 0 Å². The number of piperidine rings is 1. The summed E-state index contributed by atoms with van der Waals surface area (Å²) in [5.41, 5.74) is 0.176. The second-order valence-corrected chi connectivity index (χ2v) is 6.65. The van der Waals surface area contributed by atoms with E-state index in [1.54, 1.807) is 0 Å². The van der Waals surface area contributed by atoms with Gasteiger partial charge in [0, 0.05) is 24.6 Å². The number of rotatable bonds is 4. The van der Waals surface area contributed by atoms with Gasteiger partial charge in [-0.1, -0.05) is 27.7 Å². The van der Waals surface area contributed by atoms with Crippen LogP contribution in [0.15, 0.2) is 10.9 Å². The lowest BCUT2D eigenvalue weighted by Gasteiger charge is -2.39. The van der Waals surface area contributed by atoms with Crippen LogP contribution in [0.5, 0.6) is 0 Å². The van der Waals surface area contributed by atoms with Crippen LogP contribution in [0.4, 0.5) is 5.82 Å². The Hall–Kier alpha value is -1.36. The van der Waals surface area contributed by atoms with Gasteiger partial charge in [-0.2, -0.15) is 0 Å². The number of nitrogens with one attached hydrogen (secondary N) is 3. The van der Waals surface area contributed by atoms with Crippen LogP contribution in [0.2, 0.25) is 0 Å². The minimum absolute atomic E-state index is 0.0953. The molecule has 1 fully saturated rings. The summed E-state index contributed by atoms with van der Waals surface area (Å²) in [5.74, 6) is 1.62. The molecule has 0 spiro atoms. The van der Waals surface area contributed by atoms with Gasteiger partial charge in [0.25, 0.3) is 5.56 Å². The Bertz CT molecular complexity index is 507. The first-order chi connectivity index (χ1) is 9.38. The summed E-state index contributed by atoms with van der Waals surface area (Å²) in [5, 5.41) is 6.87. The van der Waals surface area contributed by atoms with E-state index in [0.29, 0.717) is 11.9 Å². The molecule has 1 aromatic rings. The molecule has 2 rings (SSSR count). The monoisotopic (exact) mass is 278 g/mol. The van der Waals surface area contributed by atoms with Crippen molar-refractivity contribution in [2.75, 3.05) is 18.4 Å². The number of hydrogen-bond acceptors (Lipinski definition) is 4. The van der Waals surface area contributed by atoms with E-state index in [9.17, 15) is 4.79 Å². The van der Waals surface area contributed by atoms with Crippen molar-refractivity contribution in [3.05, 3.63) is 22.2 Å². The maximum atomic E-state index is 11.6. The third-order valence-electron chi connectivity index (χ3n) is 4.13. The minimum Gasteiger partial charge on any atom is -0.368 e. The van der Waals surface area contributed by atoms with E-state index in [1.165, 1.54) is 18.9 Å². The van der Waals surface area contributed by atoms with Gasteiger partial charge in [-0.25, -0.2) is 4.98 Å². The van der Waals surface area contributed by atoms with Crippen molar-refractivity contribution >= 4 is 5.82 Å². The van der Waals surface area contributed by atoms with Gasteiger partial charge in [0.05, 0.1) is 0 Å². The first-order valence-electron chi connectivity index (χ1n) is 7.47. The number of aromatic nitrogens is 2. The molecule has 0 radical (unpaired) electrons. The fraction of sp³-hybridized carbons (Fsp3) is 0.733. The molecule has 0 bridgehead atoms.